The number of carbonyl (C=O) groups is 1. The van der Waals surface area contributed by atoms with Crippen molar-refractivity contribution in [1.82, 2.24) is 15.2 Å². The second-order valence-corrected chi connectivity index (χ2v) is 2.05. The first-order chi connectivity index (χ1) is 5.16. The number of rotatable bonds is 1. The van der Waals surface area contributed by atoms with E-state index in [0.29, 0.717) is 5.69 Å². The summed E-state index contributed by atoms with van der Waals surface area (Å²) in [7, 11) is 1.61. The van der Waals surface area contributed by atoms with Crippen LogP contribution in [-0.4, -0.2) is 15.7 Å². The lowest BCUT2D eigenvalue weighted by atomic mass is 10.3. The van der Waals surface area contributed by atoms with E-state index in [2.05, 4.69) is 5.10 Å². The second kappa shape index (κ2) is 2.59. The zero-order valence-corrected chi connectivity index (χ0v) is 6.03. The Kier molecular flexibility index (Phi) is 1.77. The fourth-order valence-electron chi connectivity index (χ4n) is 0.801. The van der Waals surface area contributed by atoms with Gasteiger partial charge in [-0.15, -0.1) is 0 Å². The summed E-state index contributed by atoms with van der Waals surface area (Å²) in [5.74, 6) is 4.46. The molecule has 0 unspecified atom stereocenters. The van der Waals surface area contributed by atoms with Crippen molar-refractivity contribution in [3.8, 4) is 0 Å². The van der Waals surface area contributed by atoms with E-state index < -0.39 is 5.91 Å². The van der Waals surface area contributed by atoms with Crippen LogP contribution in [0.2, 0.25) is 0 Å². The first-order valence-corrected chi connectivity index (χ1v) is 2.95. The molecule has 60 valence electrons. The topological polar surface area (TPSA) is 99.0 Å². The van der Waals surface area contributed by atoms with Gasteiger partial charge in [-0.05, 0) is 0 Å². The molecule has 0 atom stereocenters. The van der Waals surface area contributed by atoms with Gasteiger partial charge in [-0.3, -0.25) is 14.9 Å². The van der Waals surface area contributed by atoms with Crippen LogP contribution in [0.1, 0.15) is 10.5 Å². The highest BCUT2D eigenvalue weighted by Crippen LogP contribution is 2.07. The minimum Gasteiger partial charge on any atom is -0.396 e. The predicted molar refractivity (Wildman–Crippen MR) is 39.3 cm³/mol. The minimum atomic E-state index is -0.442. The SMILES string of the molecule is Cn1ncc(N)c1C(=O)NN. The Morgan fingerprint density at radius 1 is 1.82 bits per heavy atom. The number of hydrogen-bond donors (Lipinski definition) is 3. The normalized spacial score (nSPS) is 9.64. The summed E-state index contributed by atoms with van der Waals surface area (Å²) in [4.78, 5) is 10.9. The zero-order chi connectivity index (χ0) is 8.43. The van der Waals surface area contributed by atoms with E-state index in [4.69, 9.17) is 11.6 Å². The molecule has 0 aliphatic rings. The first kappa shape index (κ1) is 7.55. The molecule has 0 spiro atoms. The first-order valence-electron chi connectivity index (χ1n) is 2.95. The van der Waals surface area contributed by atoms with E-state index in [1.54, 1.807) is 7.05 Å². The highest BCUT2D eigenvalue weighted by Gasteiger charge is 2.12. The monoisotopic (exact) mass is 155 g/mol. The standard InChI is InChI=1S/C5H9N5O/c1-10-4(5(11)9-7)3(6)2-8-10/h2H,6-7H2,1H3,(H,9,11). The highest BCUT2D eigenvalue weighted by atomic mass is 16.2. The van der Waals surface area contributed by atoms with Gasteiger partial charge in [-0.25, -0.2) is 5.84 Å². The summed E-state index contributed by atoms with van der Waals surface area (Å²) in [5.41, 5.74) is 7.97. The van der Waals surface area contributed by atoms with Crippen LogP contribution in [0.3, 0.4) is 0 Å². The molecule has 1 aromatic heterocycles. The molecule has 0 aliphatic carbocycles. The van der Waals surface area contributed by atoms with Crippen LogP contribution in [-0.2, 0) is 7.05 Å². The molecule has 6 heteroatoms. The number of anilines is 1. The predicted octanol–water partition coefficient (Wildman–Crippen LogP) is -1.39. The summed E-state index contributed by atoms with van der Waals surface area (Å²) in [6, 6.07) is 0. The molecule has 0 saturated carbocycles. The fraction of sp³-hybridized carbons (Fsp3) is 0.200. The van der Waals surface area contributed by atoms with Crippen LogP contribution in [0.25, 0.3) is 0 Å². The Balaban J connectivity index is 3.10. The van der Waals surface area contributed by atoms with Crippen molar-refractivity contribution in [3.05, 3.63) is 11.9 Å². The van der Waals surface area contributed by atoms with Crippen molar-refractivity contribution in [3.63, 3.8) is 0 Å². The van der Waals surface area contributed by atoms with Gasteiger partial charge in [-0.1, -0.05) is 0 Å². The molecule has 0 bridgehead atoms. The third-order valence-electron chi connectivity index (χ3n) is 1.31. The lowest BCUT2D eigenvalue weighted by Gasteiger charge is -1.99. The van der Waals surface area contributed by atoms with E-state index in [0.717, 1.165) is 0 Å². The van der Waals surface area contributed by atoms with Gasteiger partial charge in [0, 0.05) is 7.05 Å². The van der Waals surface area contributed by atoms with Crippen LogP contribution < -0.4 is 17.0 Å². The van der Waals surface area contributed by atoms with Gasteiger partial charge in [0.25, 0.3) is 5.91 Å². The molecule has 1 amide bonds. The number of nitrogens with one attached hydrogen (secondary N) is 1. The molecule has 1 rings (SSSR count). The fourth-order valence-corrected chi connectivity index (χ4v) is 0.801. The molecule has 5 N–H and O–H groups in total. The molecule has 1 heterocycles. The third kappa shape index (κ3) is 1.15. The Morgan fingerprint density at radius 3 is 2.82 bits per heavy atom. The van der Waals surface area contributed by atoms with E-state index in [1.165, 1.54) is 10.9 Å². The molecule has 0 saturated heterocycles. The Bertz CT molecular complexity index is 259. The van der Waals surface area contributed by atoms with Crippen molar-refractivity contribution in [2.75, 3.05) is 5.73 Å². The Hall–Kier alpha value is -1.56. The summed E-state index contributed by atoms with van der Waals surface area (Å²) < 4.78 is 1.36. The number of aromatic nitrogens is 2. The number of nitrogens with two attached hydrogens (primary N) is 2. The van der Waals surface area contributed by atoms with E-state index >= 15 is 0 Å². The number of amides is 1. The van der Waals surface area contributed by atoms with Gasteiger partial charge in [0.1, 0.15) is 5.69 Å². The lowest BCUT2D eigenvalue weighted by molar-refractivity contribution is 0.0945. The van der Waals surface area contributed by atoms with E-state index in [9.17, 15) is 4.79 Å². The summed E-state index contributed by atoms with van der Waals surface area (Å²) in [6.07, 6.45) is 1.39. The molecule has 0 aliphatic heterocycles. The minimum absolute atomic E-state index is 0.271. The highest BCUT2D eigenvalue weighted by molar-refractivity contribution is 5.96. The Morgan fingerprint density at radius 2 is 2.45 bits per heavy atom. The maximum atomic E-state index is 10.9. The van der Waals surface area contributed by atoms with Gasteiger partial charge >= 0.3 is 0 Å². The van der Waals surface area contributed by atoms with Crippen LogP contribution >= 0.6 is 0 Å². The van der Waals surface area contributed by atoms with Crippen molar-refractivity contribution in [1.29, 1.82) is 0 Å². The van der Waals surface area contributed by atoms with Crippen LogP contribution in [0.4, 0.5) is 5.69 Å². The molecular formula is C5H9N5O. The van der Waals surface area contributed by atoms with Crippen LogP contribution in [0.5, 0.6) is 0 Å². The smallest absolute Gasteiger partial charge is 0.285 e. The molecule has 0 radical (unpaired) electrons. The molecular weight excluding hydrogens is 146 g/mol. The molecule has 6 nitrogen and oxygen atoms in total. The number of carbonyl (C=O) groups excluding carboxylic acids is 1. The number of hydrogen-bond acceptors (Lipinski definition) is 4. The van der Waals surface area contributed by atoms with Crippen molar-refractivity contribution >= 4 is 11.6 Å². The molecule has 0 fully saturated rings. The van der Waals surface area contributed by atoms with Crippen LogP contribution in [0, 0.1) is 0 Å². The Labute approximate surface area is 63.1 Å². The van der Waals surface area contributed by atoms with Gasteiger partial charge in [0.15, 0.2) is 0 Å². The number of aryl methyl sites for hydroxylation is 1. The third-order valence-corrected chi connectivity index (χ3v) is 1.31. The molecule has 0 aromatic carbocycles. The average molecular weight is 155 g/mol. The van der Waals surface area contributed by atoms with Gasteiger partial charge in [-0.2, -0.15) is 5.10 Å². The zero-order valence-electron chi connectivity index (χ0n) is 6.03. The lowest BCUT2D eigenvalue weighted by Crippen LogP contribution is -2.32. The van der Waals surface area contributed by atoms with Crippen molar-refractivity contribution in [2.24, 2.45) is 12.9 Å². The number of nitrogens with zero attached hydrogens (tertiary/aromatic N) is 2. The number of nitrogen functional groups attached to an aromatic ring is 2. The number of hydrazine groups is 1. The van der Waals surface area contributed by atoms with Crippen molar-refractivity contribution in [2.45, 2.75) is 0 Å². The average Bonchev–Trinajstić information content (AvgIpc) is 2.30. The van der Waals surface area contributed by atoms with Crippen LogP contribution in [0.15, 0.2) is 6.20 Å². The maximum absolute atomic E-state index is 10.9. The summed E-state index contributed by atoms with van der Waals surface area (Å²) in [5, 5.41) is 3.76. The maximum Gasteiger partial charge on any atom is 0.285 e. The molecule has 11 heavy (non-hydrogen) atoms. The van der Waals surface area contributed by atoms with Gasteiger partial charge in [0.2, 0.25) is 0 Å². The van der Waals surface area contributed by atoms with E-state index in [-0.39, 0.29) is 5.69 Å². The summed E-state index contributed by atoms with van der Waals surface area (Å²) in [6.45, 7) is 0. The quantitative estimate of drug-likeness (QED) is 0.264. The van der Waals surface area contributed by atoms with Crippen molar-refractivity contribution < 1.29 is 4.79 Å². The van der Waals surface area contributed by atoms with E-state index in [1.807, 2.05) is 5.43 Å². The van der Waals surface area contributed by atoms with Gasteiger partial charge < -0.3 is 5.73 Å². The van der Waals surface area contributed by atoms with Gasteiger partial charge in [0.05, 0.1) is 11.9 Å². The summed E-state index contributed by atoms with van der Waals surface area (Å²) >= 11 is 0. The molecule has 1 aromatic rings. The largest absolute Gasteiger partial charge is 0.396 e. The second-order valence-electron chi connectivity index (χ2n) is 2.05.